The standard InChI is InChI=1S/C27H30N4O3/c32-26(10-9-21-7-4-8-24(17-21)34-20-22-5-2-1-3-6-22)31-12-11-23-18-28-27(29-25(23)19-31)30-13-15-33-16-14-30/h1-8,17-18H,9-16,19-20H2. The van der Waals surface area contributed by atoms with Crippen molar-refractivity contribution in [3.05, 3.63) is 83.2 Å². The second kappa shape index (κ2) is 10.7. The van der Waals surface area contributed by atoms with Gasteiger partial charge in [0.15, 0.2) is 0 Å². The maximum absolute atomic E-state index is 13.0. The molecule has 0 spiro atoms. The first-order chi connectivity index (χ1) is 16.7. The van der Waals surface area contributed by atoms with Gasteiger partial charge in [-0.3, -0.25) is 4.79 Å². The molecule has 2 aliphatic rings. The molecular weight excluding hydrogens is 428 g/mol. The van der Waals surface area contributed by atoms with Gasteiger partial charge in [0.05, 0.1) is 25.5 Å². The molecule has 0 bridgehead atoms. The van der Waals surface area contributed by atoms with Crippen molar-refractivity contribution in [3.8, 4) is 5.75 Å². The number of rotatable bonds is 7. The third kappa shape index (κ3) is 5.54. The summed E-state index contributed by atoms with van der Waals surface area (Å²) in [5.41, 5.74) is 4.35. The van der Waals surface area contributed by atoms with Crippen LogP contribution >= 0.6 is 0 Å². The van der Waals surface area contributed by atoms with Crippen LogP contribution < -0.4 is 9.64 Å². The highest BCUT2D eigenvalue weighted by Gasteiger charge is 2.24. The molecule has 0 radical (unpaired) electrons. The van der Waals surface area contributed by atoms with Crippen LogP contribution in [-0.4, -0.2) is 53.6 Å². The zero-order chi connectivity index (χ0) is 23.2. The minimum absolute atomic E-state index is 0.160. The Labute approximate surface area is 200 Å². The Morgan fingerprint density at radius 3 is 2.68 bits per heavy atom. The largest absolute Gasteiger partial charge is 0.489 e. The fraction of sp³-hybridized carbons (Fsp3) is 0.370. The van der Waals surface area contributed by atoms with Gasteiger partial charge in [-0.15, -0.1) is 0 Å². The molecule has 3 heterocycles. The molecule has 2 aliphatic heterocycles. The van der Waals surface area contributed by atoms with Crippen molar-refractivity contribution < 1.29 is 14.3 Å². The summed E-state index contributed by atoms with van der Waals surface area (Å²) in [4.78, 5) is 26.4. The normalized spacial score (nSPS) is 15.6. The van der Waals surface area contributed by atoms with E-state index in [9.17, 15) is 4.79 Å². The summed E-state index contributed by atoms with van der Waals surface area (Å²) in [5.74, 6) is 1.73. The van der Waals surface area contributed by atoms with E-state index in [-0.39, 0.29) is 5.91 Å². The van der Waals surface area contributed by atoms with Crippen molar-refractivity contribution in [1.29, 1.82) is 0 Å². The number of aromatic nitrogens is 2. The number of carbonyl (C=O) groups is 1. The Kier molecular flexibility index (Phi) is 7.00. The highest BCUT2D eigenvalue weighted by Crippen LogP contribution is 2.21. The number of morpholine rings is 1. The molecule has 1 saturated heterocycles. The first-order valence-corrected chi connectivity index (χ1v) is 12.0. The van der Waals surface area contributed by atoms with Gasteiger partial charge in [0, 0.05) is 32.3 Å². The van der Waals surface area contributed by atoms with E-state index in [0.717, 1.165) is 53.6 Å². The average Bonchev–Trinajstić information content (AvgIpc) is 2.91. The molecule has 5 rings (SSSR count). The Bertz CT molecular complexity index is 1120. The van der Waals surface area contributed by atoms with E-state index in [4.69, 9.17) is 14.5 Å². The molecule has 1 amide bonds. The minimum Gasteiger partial charge on any atom is -0.489 e. The maximum Gasteiger partial charge on any atom is 0.225 e. The van der Waals surface area contributed by atoms with Crippen LogP contribution in [0.2, 0.25) is 0 Å². The van der Waals surface area contributed by atoms with E-state index in [1.54, 1.807) is 0 Å². The molecule has 176 valence electrons. The number of nitrogens with zero attached hydrogens (tertiary/aromatic N) is 4. The van der Waals surface area contributed by atoms with Crippen LogP contribution in [0.3, 0.4) is 0 Å². The number of ether oxygens (including phenoxy) is 2. The lowest BCUT2D eigenvalue weighted by Crippen LogP contribution is -2.39. The van der Waals surface area contributed by atoms with E-state index in [2.05, 4.69) is 16.0 Å². The summed E-state index contributed by atoms with van der Waals surface area (Å²) in [6.07, 6.45) is 3.88. The van der Waals surface area contributed by atoms with Gasteiger partial charge in [0.2, 0.25) is 11.9 Å². The van der Waals surface area contributed by atoms with Gasteiger partial charge in [-0.1, -0.05) is 42.5 Å². The molecule has 7 nitrogen and oxygen atoms in total. The van der Waals surface area contributed by atoms with Gasteiger partial charge in [-0.2, -0.15) is 0 Å². The molecule has 7 heteroatoms. The molecule has 2 aromatic carbocycles. The molecule has 0 aliphatic carbocycles. The van der Waals surface area contributed by atoms with E-state index >= 15 is 0 Å². The Morgan fingerprint density at radius 1 is 1.00 bits per heavy atom. The predicted molar refractivity (Wildman–Crippen MR) is 130 cm³/mol. The summed E-state index contributed by atoms with van der Waals surface area (Å²) in [6, 6.07) is 18.1. The number of benzene rings is 2. The zero-order valence-corrected chi connectivity index (χ0v) is 19.4. The van der Waals surface area contributed by atoms with Crippen molar-refractivity contribution in [3.63, 3.8) is 0 Å². The molecule has 34 heavy (non-hydrogen) atoms. The van der Waals surface area contributed by atoms with Gasteiger partial charge >= 0.3 is 0 Å². The Morgan fingerprint density at radius 2 is 1.82 bits per heavy atom. The first kappa shape index (κ1) is 22.3. The molecule has 3 aromatic rings. The van der Waals surface area contributed by atoms with Gasteiger partial charge in [0.25, 0.3) is 0 Å². The Balaban J connectivity index is 1.16. The van der Waals surface area contributed by atoms with E-state index in [1.807, 2.05) is 59.6 Å². The third-order valence-electron chi connectivity index (χ3n) is 6.35. The van der Waals surface area contributed by atoms with Crippen molar-refractivity contribution in [2.45, 2.75) is 32.4 Å². The third-order valence-corrected chi connectivity index (χ3v) is 6.35. The van der Waals surface area contributed by atoms with Crippen LogP contribution in [0.4, 0.5) is 5.95 Å². The lowest BCUT2D eigenvalue weighted by molar-refractivity contribution is -0.132. The van der Waals surface area contributed by atoms with Gasteiger partial charge in [-0.25, -0.2) is 9.97 Å². The van der Waals surface area contributed by atoms with Crippen LogP contribution in [0, 0.1) is 0 Å². The number of fused-ring (bicyclic) bond motifs is 1. The highest BCUT2D eigenvalue weighted by molar-refractivity contribution is 5.76. The van der Waals surface area contributed by atoms with Crippen molar-refractivity contribution in [1.82, 2.24) is 14.9 Å². The van der Waals surface area contributed by atoms with Gasteiger partial charge in [-0.05, 0) is 41.7 Å². The molecule has 1 aromatic heterocycles. The molecular formula is C27H30N4O3. The lowest BCUT2D eigenvalue weighted by atomic mass is 10.0. The molecule has 0 saturated carbocycles. The highest BCUT2D eigenvalue weighted by atomic mass is 16.5. The maximum atomic E-state index is 13.0. The number of aryl methyl sites for hydroxylation is 1. The summed E-state index contributed by atoms with van der Waals surface area (Å²) < 4.78 is 11.4. The number of anilines is 1. The SMILES string of the molecule is O=C(CCc1cccc(OCc2ccccc2)c1)N1CCc2cnc(N3CCOCC3)nc2C1. The van der Waals surface area contributed by atoms with Crippen molar-refractivity contribution >= 4 is 11.9 Å². The molecule has 0 N–H and O–H groups in total. The number of hydrogen-bond acceptors (Lipinski definition) is 6. The van der Waals surface area contributed by atoms with Crippen molar-refractivity contribution in [2.75, 3.05) is 37.7 Å². The monoisotopic (exact) mass is 458 g/mol. The number of hydrogen-bond donors (Lipinski definition) is 0. The van der Waals surface area contributed by atoms with Gasteiger partial charge in [0.1, 0.15) is 12.4 Å². The molecule has 0 unspecified atom stereocenters. The molecule has 0 atom stereocenters. The predicted octanol–water partition coefficient (Wildman–Crippen LogP) is 3.41. The van der Waals surface area contributed by atoms with Crippen LogP contribution in [0.25, 0.3) is 0 Å². The second-order valence-corrected chi connectivity index (χ2v) is 8.73. The van der Waals surface area contributed by atoms with Crippen LogP contribution in [-0.2, 0) is 35.5 Å². The zero-order valence-electron chi connectivity index (χ0n) is 19.4. The first-order valence-electron chi connectivity index (χ1n) is 12.0. The van der Waals surface area contributed by atoms with E-state index in [1.165, 1.54) is 0 Å². The van der Waals surface area contributed by atoms with Crippen LogP contribution in [0.5, 0.6) is 5.75 Å². The van der Waals surface area contributed by atoms with Crippen molar-refractivity contribution in [2.24, 2.45) is 0 Å². The summed E-state index contributed by atoms with van der Waals surface area (Å²) in [6.45, 7) is 4.80. The summed E-state index contributed by atoms with van der Waals surface area (Å²) >= 11 is 0. The summed E-state index contributed by atoms with van der Waals surface area (Å²) in [5, 5.41) is 0. The van der Waals surface area contributed by atoms with E-state index < -0.39 is 0 Å². The summed E-state index contributed by atoms with van der Waals surface area (Å²) in [7, 11) is 0. The molecule has 1 fully saturated rings. The number of amides is 1. The van der Waals surface area contributed by atoms with Gasteiger partial charge < -0.3 is 19.3 Å². The lowest BCUT2D eigenvalue weighted by Gasteiger charge is -2.30. The smallest absolute Gasteiger partial charge is 0.225 e. The second-order valence-electron chi connectivity index (χ2n) is 8.73. The quantitative estimate of drug-likeness (QED) is 0.541. The Hall–Kier alpha value is -3.45. The fourth-order valence-corrected chi connectivity index (χ4v) is 4.36. The fourth-order valence-electron chi connectivity index (χ4n) is 4.36. The minimum atomic E-state index is 0.160. The van der Waals surface area contributed by atoms with Crippen LogP contribution in [0.15, 0.2) is 60.8 Å². The number of carbonyl (C=O) groups excluding carboxylic acids is 1. The van der Waals surface area contributed by atoms with E-state index in [0.29, 0.717) is 45.8 Å². The average molecular weight is 459 g/mol. The topological polar surface area (TPSA) is 67.8 Å². The van der Waals surface area contributed by atoms with Crippen LogP contribution in [0.1, 0.15) is 28.8 Å².